The van der Waals surface area contributed by atoms with Crippen LogP contribution >= 0.6 is 0 Å². The van der Waals surface area contributed by atoms with Crippen LogP contribution in [-0.4, -0.2) is 12.0 Å². The third-order valence-corrected chi connectivity index (χ3v) is 1.57. The van der Waals surface area contributed by atoms with Crippen molar-refractivity contribution in [1.29, 1.82) is 0 Å². The molecule has 1 aliphatic rings. The fraction of sp³-hybridized carbons (Fsp3) is 0.500. The summed E-state index contributed by atoms with van der Waals surface area (Å²) in [6.45, 7) is 1.40. The monoisotopic (exact) mass is 178 g/mol. The zero-order chi connectivity index (χ0) is 9.24. The molecule has 1 unspecified atom stereocenters. The topological polar surface area (TPSA) is 9.23 Å². The zero-order valence-corrected chi connectivity index (χ0v) is 6.56. The average molecular weight is 178 g/mol. The van der Waals surface area contributed by atoms with Gasteiger partial charge in [0.2, 0.25) is 0 Å². The van der Waals surface area contributed by atoms with E-state index in [-0.39, 0.29) is 6.42 Å². The maximum absolute atomic E-state index is 11.8. The fourth-order valence-corrected chi connectivity index (χ4v) is 1.05. The van der Waals surface area contributed by atoms with E-state index in [1.807, 2.05) is 0 Å². The Hall–Kier alpha value is -0.770. The Kier molecular flexibility index (Phi) is 2.28. The molecule has 4 heteroatoms. The van der Waals surface area contributed by atoms with Gasteiger partial charge in [0.1, 0.15) is 0 Å². The smallest absolute Gasteiger partial charge is 0.281 e. The number of hydrogen-bond acceptors (Lipinski definition) is 1. The van der Waals surface area contributed by atoms with Crippen molar-refractivity contribution in [2.75, 3.05) is 0 Å². The minimum absolute atomic E-state index is 0.253. The van der Waals surface area contributed by atoms with Crippen molar-refractivity contribution in [2.45, 2.75) is 25.3 Å². The first-order valence-corrected chi connectivity index (χ1v) is 3.53. The predicted octanol–water partition coefficient (Wildman–Crippen LogP) is 2.80. The molecule has 0 radical (unpaired) electrons. The first-order valence-electron chi connectivity index (χ1n) is 3.53. The Morgan fingerprint density at radius 1 is 1.33 bits per heavy atom. The Balaban J connectivity index is 2.62. The van der Waals surface area contributed by atoms with Crippen LogP contribution in [0.1, 0.15) is 13.3 Å². The van der Waals surface area contributed by atoms with Crippen molar-refractivity contribution in [3.8, 4) is 0 Å². The molecule has 0 N–H and O–H groups in total. The van der Waals surface area contributed by atoms with Crippen LogP contribution in [0.3, 0.4) is 0 Å². The summed E-state index contributed by atoms with van der Waals surface area (Å²) in [6, 6.07) is 0. The van der Waals surface area contributed by atoms with E-state index >= 15 is 0 Å². The molecule has 68 valence electrons. The Morgan fingerprint density at radius 2 is 2.00 bits per heavy atom. The van der Waals surface area contributed by atoms with Crippen LogP contribution in [0.15, 0.2) is 24.3 Å². The van der Waals surface area contributed by atoms with Gasteiger partial charge in [-0.1, -0.05) is 24.3 Å². The maximum Gasteiger partial charge on any atom is 0.523 e. The molecule has 0 saturated heterocycles. The number of ether oxygens (including phenoxy) is 1. The molecule has 0 bridgehead atoms. The molecule has 0 heterocycles. The third-order valence-electron chi connectivity index (χ3n) is 1.57. The normalized spacial score (nSPS) is 29.3. The highest BCUT2D eigenvalue weighted by molar-refractivity contribution is 5.17. The fourth-order valence-electron chi connectivity index (χ4n) is 1.05. The molecule has 0 saturated carbocycles. The van der Waals surface area contributed by atoms with Crippen LogP contribution < -0.4 is 0 Å². The number of alkyl halides is 3. The summed E-state index contributed by atoms with van der Waals surface area (Å²) >= 11 is 0. The van der Waals surface area contributed by atoms with E-state index in [1.54, 1.807) is 18.2 Å². The summed E-state index contributed by atoms with van der Waals surface area (Å²) in [5.41, 5.74) is -1.23. The van der Waals surface area contributed by atoms with Gasteiger partial charge in [0.05, 0.1) is 5.60 Å². The largest absolute Gasteiger partial charge is 0.523 e. The van der Waals surface area contributed by atoms with E-state index < -0.39 is 12.0 Å². The molecule has 0 aromatic carbocycles. The summed E-state index contributed by atoms with van der Waals surface area (Å²) in [4.78, 5) is 0. The molecule has 1 aliphatic carbocycles. The molecule has 0 aromatic rings. The van der Waals surface area contributed by atoms with Gasteiger partial charge in [-0.25, -0.2) is 0 Å². The van der Waals surface area contributed by atoms with E-state index in [9.17, 15) is 13.2 Å². The summed E-state index contributed by atoms with van der Waals surface area (Å²) in [7, 11) is 0. The van der Waals surface area contributed by atoms with Crippen molar-refractivity contribution in [2.24, 2.45) is 0 Å². The standard InChI is InChI=1S/C8H9F3O/c1-7(12-8(9,10)11)5-3-2-4-6-7/h2-5H,6H2,1H3. The van der Waals surface area contributed by atoms with Crippen LogP contribution in [0.25, 0.3) is 0 Å². The summed E-state index contributed by atoms with van der Waals surface area (Å²) in [5.74, 6) is 0. The van der Waals surface area contributed by atoms with E-state index in [0.29, 0.717) is 0 Å². The van der Waals surface area contributed by atoms with Gasteiger partial charge in [-0.2, -0.15) is 0 Å². The van der Waals surface area contributed by atoms with Gasteiger partial charge in [-0.3, -0.25) is 4.74 Å². The van der Waals surface area contributed by atoms with Gasteiger partial charge in [0.25, 0.3) is 0 Å². The highest BCUT2D eigenvalue weighted by Gasteiger charge is 2.38. The van der Waals surface area contributed by atoms with Crippen molar-refractivity contribution >= 4 is 0 Å². The lowest BCUT2D eigenvalue weighted by Crippen LogP contribution is -2.33. The average Bonchev–Trinajstić information content (AvgIpc) is 1.83. The van der Waals surface area contributed by atoms with Crippen molar-refractivity contribution in [3.05, 3.63) is 24.3 Å². The molecule has 1 rings (SSSR count). The van der Waals surface area contributed by atoms with Gasteiger partial charge in [0.15, 0.2) is 0 Å². The third kappa shape index (κ3) is 2.70. The number of halogens is 3. The summed E-state index contributed by atoms with van der Waals surface area (Å²) in [6.07, 6.45) is 1.98. The van der Waals surface area contributed by atoms with Gasteiger partial charge < -0.3 is 0 Å². The Morgan fingerprint density at radius 3 is 2.42 bits per heavy atom. The van der Waals surface area contributed by atoms with Crippen LogP contribution in [0, 0.1) is 0 Å². The molecule has 12 heavy (non-hydrogen) atoms. The number of hydrogen-bond donors (Lipinski definition) is 0. The first-order chi connectivity index (χ1) is 5.41. The highest BCUT2D eigenvalue weighted by Crippen LogP contribution is 2.30. The van der Waals surface area contributed by atoms with Crippen LogP contribution in [-0.2, 0) is 4.74 Å². The molecule has 0 fully saturated rings. The van der Waals surface area contributed by atoms with Crippen molar-refractivity contribution < 1.29 is 17.9 Å². The SMILES string of the molecule is CC1(OC(F)(F)F)C=CC=CC1. The van der Waals surface area contributed by atoms with Gasteiger partial charge in [0, 0.05) is 0 Å². The van der Waals surface area contributed by atoms with E-state index in [1.165, 1.54) is 13.0 Å². The van der Waals surface area contributed by atoms with Gasteiger partial charge >= 0.3 is 6.36 Å². The first kappa shape index (κ1) is 9.32. The van der Waals surface area contributed by atoms with Crippen LogP contribution in [0.4, 0.5) is 13.2 Å². The van der Waals surface area contributed by atoms with Crippen molar-refractivity contribution in [3.63, 3.8) is 0 Å². The molecule has 0 aromatic heterocycles. The molecule has 1 atom stereocenters. The quantitative estimate of drug-likeness (QED) is 0.599. The Bertz CT molecular complexity index is 217. The van der Waals surface area contributed by atoms with Crippen LogP contribution in [0.5, 0.6) is 0 Å². The second-order valence-corrected chi connectivity index (χ2v) is 2.85. The minimum atomic E-state index is -4.57. The minimum Gasteiger partial charge on any atom is -0.281 e. The molecular formula is C8H9F3O. The number of rotatable bonds is 1. The summed E-state index contributed by atoms with van der Waals surface area (Å²) in [5, 5.41) is 0. The second-order valence-electron chi connectivity index (χ2n) is 2.85. The number of allylic oxidation sites excluding steroid dienone is 2. The van der Waals surface area contributed by atoms with Crippen LogP contribution in [0.2, 0.25) is 0 Å². The molecule has 0 aliphatic heterocycles. The van der Waals surface area contributed by atoms with Gasteiger partial charge in [-0.05, 0) is 13.3 Å². The lowest BCUT2D eigenvalue weighted by molar-refractivity contribution is -0.355. The highest BCUT2D eigenvalue weighted by atomic mass is 19.4. The summed E-state index contributed by atoms with van der Waals surface area (Å²) < 4.78 is 39.3. The second kappa shape index (κ2) is 2.94. The molecule has 0 amide bonds. The molecular weight excluding hydrogens is 169 g/mol. The Labute approximate surface area is 68.5 Å². The van der Waals surface area contributed by atoms with Gasteiger partial charge in [-0.15, -0.1) is 13.2 Å². The molecule has 1 nitrogen and oxygen atoms in total. The zero-order valence-electron chi connectivity index (χ0n) is 6.56. The molecule has 0 spiro atoms. The van der Waals surface area contributed by atoms with E-state index in [2.05, 4.69) is 4.74 Å². The lowest BCUT2D eigenvalue weighted by atomic mass is 9.98. The predicted molar refractivity (Wildman–Crippen MR) is 38.4 cm³/mol. The van der Waals surface area contributed by atoms with E-state index in [4.69, 9.17) is 0 Å². The van der Waals surface area contributed by atoms with Crippen molar-refractivity contribution in [1.82, 2.24) is 0 Å². The lowest BCUT2D eigenvalue weighted by Gasteiger charge is -2.27. The van der Waals surface area contributed by atoms with E-state index in [0.717, 1.165) is 0 Å². The maximum atomic E-state index is 11.8.